The molecule has 0 unspecified atom stereocenters. The average Bonchev–Trinajstić information content (AvgIpc) is 3.11. The Bertz CT molecular complexity index is 1380. The number of aromatic nitrogens is 1. The largest absolute Gasteiger partial charge is 0.345 e. The van der Waals surface area contributed by atoms with E-state index in [1.165, 1.54) is 12.1 Å². The fraction of sp³-hybridized carbons (Fsp3) is 0.259. The van der Waals surface area contributed by atoms with Crippen LogP contribution < -0.4 is 4.72 Å². The van der Waals surface area contributed by atoms with Gasteiger partial charge in [0, 0.05) is 35.2 Å². The Morgan fingerprint density at radius 2 is 1.61 bits per heavy atom. The number of hydrogen-bond acceptors (Lipinski definition) is 2. The van der Waals surface area contributed by atoms with Crippen molar-refractivity contribution in [3.8, 4) is 11.1 Å². The van der Waals surface area contributed by atoms with Gasteiger partial charge in [-0.1, -0.05) is 55.0 Å². The second-order valence-electron chi connectivity index (χ2n) is 8.67. The van der Waals surface area contributed by atoms with Gasteiger partial charge < -0.3 is 4.57 Å². The highest BCUT2D eigenvalue weighted by Crippen LogP contribution is 2.31. The summed E-state index contributed by atoms with van der Waals surface area (Å²) in [6, 6.07) is 18.0. The Morgan fingerprint density at radius 1 is 0.970 bits per heavy atom. The van der Waals surface area contributed by atoms with Crippen molar-refractivity contribution in [3.05, 3.63) is 89.4 Å². The summed E-state index contributed by atoms with van der Waals surface area (Å²) in [5.74, 6) is -0.273. The van der Waals surface area contributed by atoms with E-state index in [9.17, 15) is 12.8 Å². The van der Waals surface area contributed by atoms with Crippen LogP contribution in [0.15, 0.2) is 71.8 Å². The van der Waals surface area contributed by atoms with Crippen LogP contribution in [0.1, 0.15) is 30.0 Å². The van der Waals surface area contributed by atoms with Gasteiger partial charge in [0.25, 0.3) is 0 Å². The van der Waals surface area contributed by atoms with Crippen molar-refractivity contribution >= 4 is 20.9 Å². The molecule has 1 atom stereocenters. The lowest BCUT2D eigenvalue weighted by Gasteiger charge is -2.20. The average molecular weight is 465 g/mol. The van der Waals surface area contributed by atoms with Crippen LogP contribution in [0.25, 0.3) is 22.0 Å². The molecule has 172 valence electrons. The molecule has 0 saturated carbocycles. The molecule has 0 aliphatic carbocycles. The smallest absolute Gasteiger partial charge is 0.241 e. The highest BCUT2D eigenvalue weighted by atomic mass is 32.2. The number of halogens is 1. The van der Waals surface area contributed by atoms with Gasteiger partial charge in [-0.05, 0) is 62.1 Å². The fourth-order valence-electron chi connectivity index (χ4n) is 4.61. The number of sulfonamides is 1. The van der Waals surface area contributed by atoms with Crippen LogP contribution in [0, 0.1) is 26.6 Å². The number of rotatable bonds is 7. The second kappa shape index (κ2) is 9.12. The Labute approximate surface area is 195 Å². The van der Waals surface area contributed by atoms with Gasteiger partial charge in [0.15, 0.2) is 0 Å². The van der Waals surface area contributed by atoms with Crippen molar-refractivity contribution in [2.24, 2.45) is 0 Å². The van der Waals surface area contributed by atoms with E-state index in [2.05, 4.69) is 9.29 Å². The van der Waals surface area contributed by atoms with Crippen LogP contribution in [-0.2, 0) is 16.6 Å². The van der Waals surface area contributed by atoms with Gasteiger partial charge in [-0.3, -0.25) is 0 Å². The van der Waals surface area contributed by atoms with E-state index in [4.69, 9.17) is 0 Å². The molecule has 1 N–H and O–H groups in total. The summed E-state index contributed by atoms with van der Waals surface area (Å²) >= 11 is 0. The minimum Gasteiger partial charge on any atom is -0.345 e. The molecule has 33 heavy (non-hydrogen) atoms. The quantitative estimate of drug-likeness (QED) is 0.358. The molecule has 1 aromatic heterocycles. The van der Waals surface area contributed by atoms with Crippen molar-refractivity contribution in [3.63, 3.8) is 0 Å². The third kappa shape index (κ3) is 4.72. The number of aryl methyl sites for hydroxylation is 3. The summed E-state index contributed by atoms with van der Waals surface area (Å²) in [5, 5.41) is 1.05. The Hall–Kier alpha value is -2.96. The zero-order chi connectivity index (χ0) is 23.8. The van der Waals surface area contributed by atoms with Gasteiger partial charge in [0.2, 0.25) is 10.0 Å². The Balaban J connectivity index is 1.68. The lowest BCUT2D eigenvalue weighted by Crippen LogP contribution is -2.38. The second-order valence-corrected chi connectivity index (χ2v) is 10.3. The van der Waals surface area contributed by atoms with Crippen molar-refractivity contribution in [1.29, 1.82) is 0 Å². The minimum atomic E-state index is -3.68. The lowest BCUT2D eigenvalue weighted by atomic mass is 10.1. The highest BCUT2D eigenvalue weighted by Gasteiger charge is 2.24. The number of nitrogens with zero attached hydrogens (tertiary/aromatic N) is 1. The maximum absolute atomic E-state index is 13.4. The molecule has 3 aromatic carbocycles. The monoisotopic (exact) mass is 464 g/mol. The van der Waals surface area contributed by atoms with Gasteiger partial charge in [0.05, 0.1) is 4.90 Å². The first-order chi connectivity index (χ1) is 15.7. The highest BCUT2D eigenvalue weighted by molar-refractivity contribution is 7.89. The molecule has 1 heterocycles. The van der Waals surface area contributed by atoms with E-state index in [1.807, 2.05) is 70.3 Å². The first kappa shape index (κ1) is 23.2. The normalized spacial score (nSPS) is 12.9. The SMILES string of the molecule is CC[C@@H](Cn1cc(-c2ccc(F)cc2)c2ccccc21)NS(=O)(=O)c1c(C)cc(C)cc1C. The molecule has 4 aromatic rings. The van der Waals surface area contributed by atoms with E-state index < -0.39 is 10.0 Å². The summed E-state index contributed by atoms with van der Waals surface area (Å²) in [4.78, 5) is 0.357. The first-order valence-corrected chi connectivity index (χ1v) is 12.6. The zero-order valence-electron chi connectivity index (χ0n) is 19.4. The summed E-state index contributed by atoms with van der Waals surface area (Å²) < 4.78 is 45.1. The van der Waals surface area contributed by atoms with Crippen LogP contribution in [0.3, 0.4) is 0 Å². The molecule has 0 fully saturated rings. The predicted molar refractivity (Wildman–Crippen MR) is 132 cm³/mol. The number of hydrogen-bond donors (Lipinski definition) is 1. The molecule has 0 spiro atoms. The molecule has 0 bridgehead atoms. The van der Waals surface area contributed by atoms with Gasteiger partial charge >= 0.3 is 0 Å². The minimum absolute atomic E-state index is 0.273. The van der Waals surface area contributed by atoms with Gasteiger partial charge in [0.1, 0.15) is 5.82 Å². The third-order valence-corrected chi connectivity index (χ3v) is 7.87. The van der Waals surface area contributed by atoms with Crippen LogP contribution in [0.4, 0.5) is 4.39 Å². The predicted octanol–water partition coefficient (Wildman–Crippen LogP) is 6.13. The van der Waals surface area contributed by atoms with E-state index in [0.29, 0.717) is 17.9 Å². The van der Waals surface area contributed by atoms with Crippen LogP contribution in [0.5, 0.6) is 0 Å². The summed E-state index contributed by atoms with van der Waals surface area (Å²) in [7, 11) is -3.68. The van der Waals surface area contributed by atoms with Gasteiger partial charge in [-0.15, -0.1) is 0 Å². The molecule has 0 aliphatic heterocycles. The molecular formula is C27H29FN2O2S. The van der Waals surface area contributed by atoms with Gasteiger partial charge in [-0.25, -0.2) is 17.5 Å². The third-order valence-electron chi connectivity index (χ3n) is 6.05. The maximum atomic E-state index is 13.4. The molecule has 4 nitrogen and oxygen atoms in total. The zero-order valence-corrected chi connectivity index (χ0v) is 20.2. The summed E-state index contributed by atoms with van der Waals surface area (Å²) in [6.07, 6.45) is 2.67. The van der Waals surface area contributed by atoms with E-state index in [-0.39, 0.29) is 11.9 Å². The van der Waals surface area contributed by atoms with Crippen LogP contribution in [-0.4, -0.2) is 19.0 Å². The molecule has 0 amide bonds. The van der Waals surface area contributed by atoms with E-state index in [0.717, 1.165) is 38.7 Å². The topological polar surface area (TPSA) is 51.1 Å². The number of fused-ring (bicyclic) bond motifs is 1. The van der Waals surface area contributed by atoms with Gasteiger partial charge in [-0.2, -0.15) is 0 Å². The molecule has 0 radical (unpaired) electrons. The Kier molecular flexibility index (Phi) is 6.41. The molecule has 4 rings (SSSR count). The lowest BCUT2D eigenvalue weighted by molar-refractivity contribution is 0.491. The maximum Gasteiger partial charge on any atom is 0.241 e. The molecule has 0 saturated heterocycles. The first-order valence-electron chi connectivity index (χ1n) is 11.1. The van der Waals surface area contributed by atoms with Crippen molar-refractivity contribution in [2.45, 2.75) is 51.6 Å². The van der Waals surface area contributed by atoms with Crippen molar-refractivity contribution in [1.82, 2.24) is 9.29 Å². The Morgan fingerprint density at radius 3 is 2.24 bits per heavy atom. The van der Waals surface area contributed by atoms with Crippen molar-refractivity contribution in [2.75, 3.05) is 0 Å². The van der Waals surface area contributed by atoms with E-state index >= 15 is 0 Å². The number of benzene rings is 3. The number of para-hydroxylation sites is 1. The standard InChI is InChI=1S/C27H29FN2O2S/c1-5-23(29-33(31,32)27-19(3)14-18(2)15-20(27)4)16-30-17-25(21-10-12-22(28)13-11-21)24-8-6-7-9-26(24)30/h6-15,17,23,29H,5,16H2,1-4H3/t23-/m0/s1. The fourth-order valence-corrected chi connectivity index (χ4v) is 6.38. The van der Waals surface area contributed by atoms with Crippen LogP contribution in [0.2, 0.25) is 0 Å². The van der Waals surface area contributed by atoms with E-state index in [1.54, 1.807) is 12.1 Å². The molecule has 6 heteroatoms. The van der Waals surface area contributed by atoms with Crippen molar-refractivity contribution < 1.29 is 12.8 Å². The molecule has 0 aliphatic rings. The summed E-state index contributed by atoms with van der Waals surface area (Å²) in [5.41, 5.74) is 5.47. The summed E-state index contributed by atoms with van der Waals surface area (Å²) in [6.45, 7) is 8.11. The number of nitrogens with one attached hydrogen (secondary N) is 1. The molecular weight excluding hydrogens is 435 g/mol. The van der Waals surface area contributed by atoms with Crippen LogP contribution >= 0.6 is 0 Å².